The second kappa shape index (κ2) is 6.22. The van der Waals surface area contributed by atoms with Crippen LogP contribution in [0, 0.1) is 6.92 Å². The van der Waals surface area contributed by atoms with E-state index < -0.39 is 0 Å². The van der Waals surface area contributed by atoms with Gasteiger partial charge in [0.1, 0.15) is 0 Å². The van der Waals surface area contributed by atoms with Gasteiger partial charge in [0, 0.05) is 25.7 Å². The number of nitrogens with one attached hydrogen (secondary N) is 1. The third-order valence-electron chi connectivity index (χ3n) is 2.31. The molecule has 0 atom stereocenters. The molecule has 98 valence electrons. The minimum atomic E-state index is 0.0622. The second-order valence-electron chi connectivity index (χ2n) is 3.86. The van der Waals surface area contributed by atoms with Gasteiger partial charge in [-0.25, -0.2) is 4.68 Å². The molecule has 0 saturated carbocycles. The smallest absolute Gasteiger partial charge is 0.227 e. The quantitative estimate of drug-likeness (QED) is 0.628. The lowest BCUT2D eigenvalue weighted by Crippen LogP contribution is -2.17. The molecule has 0 bridgehead atoms. The topological polar surface area (TPSA) is 102 Å². The Morgan fingerprint density at radius 2 is 2.39 bits per heavy atom. The molecule has 2 aromatic heterocycles. The van der Waals surface area contributed by atoms with Crippen LogP contribution in [0.4, 0.5) is 0 Å². The molecule has 0 saturated heterocycles. The highest BCUT2D eigenvalue weighted by atomic mass is 16.5. The molecule has 0 aliphatic rings. The minimum absolute atomic E-state index is 0.0622. The normalized spacial score (nSPS) is 11.0. The summed E-state index contributed by atoms with van der Waals surface area (Å²) in [6, 6.07) is 0. The minimum Gasteiger partial charge on any atom is -0.394 e. The van der Waals surface area contributed by atoms with Crippen molar-refractivity contribution >= 4 is 0 Å². The SMILES string of the molecule is Cc1noc(CCNCc2cn(CCO)nn2)n1. The summed E-state index contributed by atoms with van der Waals surface area (Å²) in [6.45, 7) is 3.67. The summed E-state index contributed by atoms with van der Waals surface area (Å²) in [5.41, 5.74) is 0.838. The van der Waals surface area contributed by atoms with Crippen molar-refractivity contribution in [2.45, 2.75) is 26.4 Å². The van der Waals surface area contributed by atoms with Crippen LogP contribution in [0.3, 0.4) is 0 Å². The van der Waals surface area contributed by atoms with Crippen molar-refractivity contribution in [1.82, 2.24) is 30.5 Å². The summed E-state index contributed by atoms with van der Waals surface area (Å²) in [5.74, 6) is 1.28. The molecule has 18 heavy (non-hydrogen) atoms. The maximum absolute atomic E-state index is 8.74. The van der Waals surface area contributed by atoms with E-state index in [4.69, 9.17) is 9.63 Å². The van der Waals surface area contributed by atoms with Gasteiger partial charge in [0.15, 0.2) is 5.82 Å². The molecule has 0 fully saturated rings. The van der Waals surface area contributed by atoms with Crippen molar-refractivity contribution in [2.24, 2.45) is 0 Å². The molecular weight excluding hydrogens is 236 g/mol. The van der Waals surface area contributed by atoms with Gasteiger partial charge in [-0.1, -0.05) is 10.4 Å². The van der Waals surface area contributed by atoms with Crippen molar-refractivity contribution < 1.29 is 9.63 Å². The Kier molecular flexibility index (Phi) is 4.37. The van der Waals surface area contributed by atoms with Crippen LogP contribution >= 0.6 is 0 Å². The van der Waals surface area contributed by atoms with Crippen molar-refractivity contribution in [3.63, 3.8) is 0 Å². The number of aryl methyl sites for hydroxylation is 1. The summed E-state index contributed by atoms with van der Waals surface area (Å²) >= 11 is 0. The Labute approximate surface area is 104 Å². The maximum atomic E-state index is 8.74. The largest absolute Gasteiger partial charge is 0.394 e. The van der Waals surface area contributed by atoms with Crippen LogP contribution < -0.4 is 5.32 Å². The number of aliphatic hydroxyl groups excluding tert-OH is 1. The number of hydrogen-bond acceptors (Lipinski definition) is 7. The molecule has 0 unspecified atom stereocenters. The Balaban J connectivity index is 1.68. The molecule has 8 heteroatoms. The second-order valence-corrected chi connectivity index (χ2v) is 3.86. The Morgan fingerprint density at radius 3 is 3.11 bits per heavy atom. The number of aromatic nitrogens is 5. The first-order chi connectivity index (χ1) is 8.78. The van der Waals surface area contributed by atoms with Crippen molar-refractivity contribution in [3.05, 3.63) is 23.6 Å². The first kappa shape index (κ1) is 12.7. The molecule has 0 aromatic carbocycles. The predicted molar refractivity (Wildman–Crippen MR) is 61.6 cm³/mol. The molecule has 8 nitrogen and oxygen atoms in total. The number of hydrogen-bond donors (Lipinski definition) is 2. The van der Waals surface area contributed by atoms with Crippen LogP contribution in [0.2, 0.25) is 0 Å². The van der Waals surface area contributed by atoms with E-state index in [1.54, 1.807) is 17.8 Å². The lowest BCUT2D eigenvalue weighted by molar-refractivity contribution is 0.268. The summed E-state index contributed by atoms with van der Waals surface area (Å²) in [6.07, 6.45) is 2.49. The standard InChI is InChI=1S/C10H16N6O2/c1-8-12-10(18-14-8)2-3-11-6-9-7-16(4-5-17)15-13-9/h7,11,17H,2-6H2,1H3. The molecule has 0 aliphatic heterocycles. The molecule has 0 aliphatic carbocycles. The van der Waals surface area contributed by atoms with E-state index in [0.29, 0.717) is 31.2 Å². The fraction of sp³-hybridized carbons (Fsp3) is 0.600. The summed E-state index contributed by atoms with van der Waals surface area (Å²) in [7, 11) is 0. The monoisotopic (exact) mass is 252 g/mol. The molecular formula is C10H16N6O2. The third kappa shape index (κ3) is 3.60. The zero-order valence-electron chi connectivity index (χ0n) is 10.2. The average Bonchev–Trinajstić information content (AvgIpc) is 2.95. The van der Waals surface area contributed by atoms with E-state index in [0.717, 1.165) is 12.2 Å². The zero-order valence-corrected chi connectivity index (χ0v) is 10.2. The van der Waals surface area contributed by atoms with Crippen LogP contribution in [0.1, 0.15) is 17.4 Å². The number of aliphatic hydroxyl groups is 1. The van der Waals surface area contributed by atoms with E-state index in [1.165, 1.54) is 0 Å². The maximum Gasteiger partial charge on any atom is 0.227 e. The van der Waals surface area contributed by atoms with Crippen molar-refractivity contribution in [3.8, 4) is 0 Å². The van der Waals surface area contributed by atoms with Gasteiger partial charge in [-0.05, 0) is 6.92 Å². The molecule has 0 amide bonds. The fourth-order valence-corrected chi connectivity index (χ4v) is 1.48. The fourth-order valence-electron chi connectivity index (χ4n) is 1.48. The van der Waals surface area contributed by atoms with Crippen LogP contribution in [-0.2, 0) is 19.5 Å². The van der Waals surface area contributed by atoms with E-state index >= 15 is 0 Å². The zero-order chi connectivity index (χ0) is 12.8. The molecule has 2 rings (SSSR count). The summed E-state index contributed by atoms with van der Waals surface area (Å²) in [5, 5.41) is 23.5. The lowest BCUT2D eigenvalue weighted by atomic mass is 10.4. The molecule has 2 N–H and O–H groups in total. The van der Waals surface area contributed by atoms with Gasteiger partial charge in [-0.2, -0.15) is 4.98 Å². The third-order valence-corrected chi connectivity index (χ3v) is 2.31. The molecule has 0 radical (unpaired) electrons. The Bertz CT molecular complexity index is 480. The predicted octanol–water partition coefficient (Wildman–Crippen LogP) is -0.706. The van der Waals surface area contributed by atoms with Gasteiger partial charge >= 0.3 is 0 Å². The Hall–Kier alpha value is -1.80. The van der Waals surface area contributed by atoms with Gasteiger partial charge < -0.3 is 14.9 Å². The first-order valence-corrected chi connectivity index (χ1v) is 5.77. The van der Waals surface area contributed by atoms with Crippen LogP contribution in [-0.4, -0.2) is 43.4 Å². The van der Waals surface area contributed by atoms with Crippen LogP contribution in [0.5, 0.6) is 0 Å². The number of rotatable bonds is 7. The highest BCUT2D eigenvalue weighted by Crippen LogP contribution is 1.96. The highest BCUT2D eigenvalue weighted by Gasteiger charge is 2.03. The first-order valence-electron chi connectivity index (χ1n) is 5.77. The lowest BCUT2D eigenvalue weighted by Gasteiger charge is -1.98. The molecule has 0 spiro atoms. The number of nitrogens with zero attached hydrogens (tertiary/aromatic N) is 5. The summed E-state index contributed by atoms with van der Waals surface area (Å²) in [4.78, 5) is 4.11. The van der Waals surface area contributed by atoms with Crippen molar-refractivity contribution in [2.75, 3.05) is 13.2 Å². The van der Waals surface area contributed by atoms with E-state index in [2.05, 4.69) is 25.8 Å². The van der Waals surface area contributed by atoms with Crippen molar-refractivity contribution in [1.29, 1.82) is 0 Å². The van der Waals surface area contributed by atoms with E-state index in [-0.39, 0.29) is 6.61 Å². The summed E-state index contributed by atoms with van der Waals surface area (Å²) < 4.78 is 6.60. The van der Waals surface area contributed by atoms with Gasteiger partial charge in [-0.3, -0.25) is 0 Å². The van der Waals surface area contributed by atoms with Crippen LogP contribution in [0.15, 0.2) is 10.7 Å². The molecule has 2 aromatic rings. The van der Waals surface area contributed by atoms with Gasteiger partial charge in [-0.15, -0.1) is 5.10 Å². The van der Waals surface area contributed by atoms with E-state index in [9.17, 15) is 0 Å². The van der Waals surface area contributed by atoms with Crippen LogP contribution in [0.25, 0.3) is 0 Å². The average molecular weight is 252 g/mol. The highest BCUT2D eigenvalue weighted by molar-refractivity contribution is 4.92. The molecule has 2 heterocycles. The Morgan fingerprint density at radius 1 is 1.50 bits per heavy atom. The van der Waals surface area contributed by atoms with E-state index in [1.807, 2.05) is 0 Å². The van der Waals surface area contributed by atoms with Gasteiger partial charge in [0.05, 0.1) is 18.8 Å². The van der Waals surface area contributed by atoms with Gasteiger partial charge in [0.2, 0.25) is 5.89 Å². The van der Waals surface area contributed by atoms with Gasteiger partial charge in [0.25, 0.3) is 0 Å².